The van der Waals surface area contributed by atoms with Crippen LogP contribution in [0.4, 0.5) is 0 Å². The summed E-state index contributed by atoms with van der Waals surface area (Å²) in [4.78, 5) is 2.65. The number of likely N-dealkylation sites (tertiary alicyclic amines) is 1. The van der Waals surface area contributed by atoms with E-state index >= 15 is 0 Å². The average Bonchev–Trinajstić information content (AvgIpc) is 2.43. The fourth-order valence-electron chi connectivity index (χ4n) is 3.44. The van der Waals surface area contributed by atoms with Gasteiger partial charge < -0.3 is 20.3 Å². The third-order valence-electron chi connectivity index (χ3n) is 4.98. The molecule has 3 saturated heterocycles. The maximum atomic E-state index is 6.07. The van der Waals surface area contributed by atoms with Gasteiger partial charge >= 0.3 is 0 Å². The van der Waals surface area contributed by atoms with E-state index in [0.29, 0.717) is 12.2 Å². The second-order valence-electron chi connectivity index (χ2n) is 6.44. The van der Waals surface area contributed by atoms with Crippen LogP contribution >= 0.6 is 0 Å². The highest BCUT2D eigenvalue weighted by atomic mass is 16.5. The summed E-state index contributed by atoms with van der Waals surface area (Å²) in [6.45, 7) is 8.39. The Morgan fingerprint density at radius 1 is 0.895 bits per heavy atom. The van der Waals surface area contributed by atoms with Crippen LogP contribution in [-0.4, -0.2) is 62.9 Å². The first-order valence-electron chi connectivity index (χ1n) is 8.19. The molecule has 0 amide bonds. The normalized spacial score (nSPS) is 28.4. The van der Waals surface area contributed by atoms with E-state index in [1.807, 2.05) is 0 Å². The van der Waals surface area contributed by atoms with Crippen LogP contribution in [0.1, 0.15) is 32.1 Å². The summed E-state index contributed by atoms with van der Waals surface area (Å²) >= 11 is 0. The maximum Gasteiger partial charge on any atom is 0.0827 e. The van der Waals surface area contributed by atoms with Gasteiger partial charge in [-0.2, -0.15) is 0 Å². The Morgan fingerprint density at radius 3 is 2.26 bits per heavy atom. The molecule has 19 heavy (non-hydrogen) atoms. The highest BCUT2D eigenvalue weighted by Gasteiger charge is 2.26. The van der Waals surface area contributed by atoms with Crippen molar-refractivity contribution in [3.8, 4) is 0 Å². The highest BCUT2D eigenvalue weighted by Crippen LogP contribution is 2.20. The van der Waals surface area contributed by atoms with Crippen molar-refractivity contribution in [1.82, 2.24) is 15.5 Å². The first kappa shape index (κ1) is 13.8. The lowest BCUT2D eigenvalue weighted by molar-refractivity contribution is -0.0622. The Morgan fingerprint density at radius 2 is 1.63 bits per heavy atom. The predicted molar refractivity (Wildman–Crippen MR) is 77.4 cm³/mol. The van der Waals surface area contributed by atoms with Crippen molar-refractivity contribution in [2.75, 3.05) is 45.8 Å². The zero-order chi connectivity index (χ0) is 12.9. The molecule has 0 spiro atoms. The monoisotopic (exact) mass is 267 g/mol. The third kappa shape index (κ3) is 4.15. The summed E-state index contributed by atoms with van der Waals surface area (Å²) in [7, 11) is 0. The Hall–Kier alpha value is -0.160. The van der Waals surface area contributed by atoms with Crippen molar-refractivity contribution in [1.29, 1.82) is 0 Å². The minimum Gasteiger partial charge on any atom is -0.372 e. The first-order chi connectivity index (χ1) is 9.40. The number of nitrogens with zero attached hydrogens (tertiary/aromatic N) is 1. The van der Waals surface area contributed by atoms with Crippen LogP contribution in [0.15, 0.2) is 0 Å². The molecule has 0 radical (unpaired) electrons. The summed E-state index contributed by atoms with van der Waals surface area (Å²) in [5.41, 5.74) is 0. The molecular weight excluding hydrogens is 238 g/mol. The fraction of sp³-hybridized carbons (Fsp3) is 1.00. The number of nitrogens with one attached hydrogen (secondary N) is 2. The van der Waals surface area contributed by atoms with Crippen LogP contribution < -0.4 is 10.6 Å². The lowest BCUT2D eigenvalue weighted by atomic mass is 9.94. The van der Waals surface area contributed by atoms with Gasteiger partial charge in [-0.15, -0.1) is 0 Å². The molecule has 0 aromatic rings. The van der Waals surface area contributed by atoms with Crippen LogP contribution in [0.3, 0.4) is 0 Å². The molecule has 0 unspecified atom stereocenters. The zero-order valence-corrected chi connectivity index (χ0v) is 12.1. The van der Waals surface area contributed by atoms with Gasteiger partial charge in [0.15, 0.2) is 0 Å². The van der Waals surface area contributed by atoms with Gasteiger partial charge in [-0.3, -0.25) is 0 Å². The van der Waals surface area contributed by atoms with Gasteiger partial charge in [0, 0.05) is 26.2 Å². The smallest absolute Gasteiger partial charge is 0.0827 e. The Bertz CT molecular complexity index is 256. The molecule has 3 aliphatic heterocycles. The van der Waals surface area contributed by atoms with E-state index in [0.717, 1.165) is 19.0 Å². The quantitative estimate of drug-likeness (QED) is 0.773. The van der Waals surface area contributed by atoms with Crippen LogP contribution in [0.5, 0.6) is 0 Å². The van der Waals surface area contributed by atoms with Crippen molar-refractivity contribution < 1.29 is 4.74 Å². The summed E-state index contributed by atoms with van der Waals surface area (Å²) in [5.74, 6) is 0.969. The van der Waals surface area contributed by atoms with Crippen LogP contribution in [-0.2, 0) is 4.74 Å². The van der Waals surface area contributed by atoms with E-state index in [9.17, 15) is 0 Å². The van der Waals surface area contributed by atoms with Crippen molar-refractivity contribution in [2.24, 2.45) is 5.92 Å². The maximum absolute atomic E-state index is 6.07. The molecule has 0 saturated carbocycles. The van der Waals surface area contributed by atoms with E-state index in [2.05, 4.69) is 15.5 Å². The molecule has 3 rings (SSSR count). The molecule has 0 aromatic carbocycles. The Balaban J connectivity index is 1.29. The molecule has 0 aliphatic carbocycles. The van der Waals surface area contributed by atoms with Gasteiger partial charge in [-0.05, 0) is 57.7 Å². The second kappa shape index (κ2) is 7.02. The molecule has 110 valence electrons. The average molecular weight is 267 g/mol. The van der Waals surface area contributed by atoms with E-state index < -0.39 is 0 Å². The zero-order valence-electron chi connectivity index (χ0n) is 12.1. The standard InChI is InChI=1S/C15H29N3O/c1-6-16-7-2-13(1)3-8-18-9-4-14(5-10-18)19-15-11-17-12-15/h13-17H,1-12H2. The molecule has 2 N–H and O–H groups in total. The highest BCUT2D eigenvalue weighted by molar-refractivity contribution is 4.80. The van der Waals surface area contributed by atoms with Gasteiger partial charge in [0.1, 0.15) is 0 Å². The summed E-state index contributed by atoms with van der Waals surface area (Å²) in [6.07, 6.45) is 7.68. The molecule has 4 heteroatoms. The number of ether oxygens (including phenoxy) is 1. The number of rotatable bonds is 5. The van der Waals surface area contributed by atoms with Gasteiger partial charge in [-0.1, -0.05) is 0 Å². The molecule has 3 aliphatic rings. The van der Waals surface area contributed by atoms with Gasteiger partial charge in [-0.25, -0.2) is 0 Å². The molecule has 0 atom stereocenters. The van der Waals surface area contributed by atoms with Gasteiger partial charge in [0.2, 0.25) is 0 Å². The Kier molecular flexibility index (Phi) is 5.10. The summed E-state index contributed by atoms with van der Waals surface area (Å²) < 4.78 is 6.07. The molecule has 0 aromatic heterocycles. The lowest BCUT2D eigenvalue weighted by Crippen LogP contribution is -2.51. The lowest BCUT2D eigenvalue weighted by Gasteiger charge is -2.37. The predicted octanol–water partition coefficient (Wildman–Crippen LogP) is 0.829. The number of hydrogen-bond donors (Lipinski definition) is 2. The molecule has 0 bridgehead atoms. The van der Waals surface area contributed by atoms with Crippen LogP contribution in [0.25, 0.3) is 0 Å². The van der Waals surface area contributed by atoms with E-state index in [1.165, 1.54) is 64.8 Å². The number of piperidine rings is 2. The Labute approximate surface area is 117 Å². The van der Waals surface area contributed by atoms with Gasteiger partial charge in [0.05, 0.1) is 12.2 Å². The van der Waals surface area contributed by atoms with E-state index in [4.69, 9.17) is 4.74 Å². The summed E-state index contributed by atoms with van der Waals surface area (Å²) in [5, 5.41) is 6.73. The topological polar surface area (TPSA) is 36.5 Å². The second-order valence-corrected chi connectivity index (χ2v) is 6.44. The first-order valence-corrected chi connectivity index (χ1v) is 8.19. The van der Waals surface area contributed by atoms with Crippen molar-refractivity contribution in [3.05, 3.63) is 0 Å². The molecule has 4 nitrogen and oxygen atoms in total. The SMILES string of the molecule is C1CC(CCN2CCC(OC3CNC3)CC2)CCN1. The van der Waals surface area contributed by atoms with E-state index in [-0.39, 0.29) is 0 Å². The minimum absolute atomic E-state index is 0.506. The van der Waals surface area contributed by atoms with Gasteiger partial charge in [0.25, 0.3) is 0 Å². The third-order valence-corrected chi connectivity index (χ3v) is 4.98. The van der Waals surface area contributed by atoms with Crippen molar-refractivity contribution >= 4 is 0 Å². The largest absolute Gasteiger partial charge is 0.372 e. The van der Waals surface area contributed by atoms with Crippen LogP contribution in [0.2, 0.25) is 0 Å². The van der Waals surface area contributed by atoms with Crippen LogP contribution in [0, 0.1) is 5.92 Å². The van der Waals surface area contributed by atoms with Crippen molar-refractivity contribution in [2.45, 2.75) is 44.3 Å². The molecular formula is C15H29N3O. The fourth-order valence-corrected chi connectivity index (χ4v) is 3.44. The molecule has 3 fully saturated rings. The minimum atomic E-state index is 0.506. The summed E-state index contributed by atoms with van der Waals surface area (Å²) in [6, 6.07) is 0. The molecule has 3 heterocycles. The van der Waals surface area contributed by atoms with E-state index in [1.54, 1.807) is 0 Å². The van der Waals surface area contributed by atoms with Crippen molar-refractivity contribution in [3.63, 3.8) is 0 Å². The number of hydrogen-bond acceptors (Lipinski definition) is 4.